The Hall–Kier alpha value is -0.960. The van der Waals surface area contributed by atoms with Crippen molar-refractivity contribution < 1.29 is 0 Å². The van der Waals surface area contributed by atoms with E-state index in [1.165, 1.54) is 10.6 Å². The molecule has 2 rings (SSSR count). The highest BCUT2D eigenvalue weighted by Crippen LogP contribution is 2.26. The zero-order chi connectivity index (χ0) is 6.97. The van der Waals surface area contributed by atoms with Crippen LogP contribution < -0.4 is 10.6 Å². The number of hydrogen-bond donors (Lipinski definition) is 2. The van der Waals surface area contributed by atoms with Crippen LogP contribution in [0.3, 0.4) is 0 Å². The molecule has 0 saturated carbocycles. The van der Waals surface area contributed by atoms with E-state index in [4.69, 9.17) is 0 Å². The molecule has 1 aliphatic rings. The minimum absolute atomic E-state index is 0.898. The van der Waals surface area contributed by atoms with Gasteiger partial charge in [-0.25, -0.2) is 0 Å². The largest absolute Gasteiger partial charge is 0.368 e. The Kier molecular flexibility index (Phi) is 1.17. The lowest BCUT2D eigenvalue weighted by atomic mass is 10.3. The maximum Gasteiger partial charge on any atom is 0.0988 e. The van der Waals surface area contributed by atoms with E-state index in [2.05, 4.69) is 28.7 Å². The van der Waals surface area contributed by atoms with E-state index in [0.29, 0.717) is 0 Å². The quantitative estimate of drug-likeness (QED) is 0.591. The molecule has 2 N–H and O–H groups in total. The Labute approximate surface area is 63.6 Å². The standard InChI is InChI=1S/C7H8N2S/c1-5-8-4-6-2-3-10-7(6)9-5/h2-3,8-9H,1,4H2. The molecule has 2 nitrogen and oxygen atoms in total. The van der Waals surface area contributed by atoms with Gasteiger partial charge in [-0.3, -0.25) is 0 Å². The van der Waals surface area contributed by atoms with Gasteiger partial charge >= 0.3 is 0 Å². The maximum atomic E-state index is 3.78. The average molecular weight is 152 g/mol. The molecule has 10 heavy (non-hydrogen) atoms. The van der Waals surface area contributed by atoms with E-state index in [-0.39, 0.29) is 0 Å². The summed E-state index contributed by atoms with van der Waals surface area (Å²) in [5.41, 5.74) is 1.33. The van der Waals surface area contributed by atoms with Gasteiger partial charge in [-0.05, 0) is 11.4 Å². The molecular formula is C7H8N2S. The fourth-order valence-corrected chi connectivity index (χ4v) is 1.81. The first-order valence-electron chi connectivity index (χ1n) is 3.12. The Balaban J connectivity index is 2.39. The van der Waals surface area contributed by atoms with Crippen LogP contribution >= 0.6 is 11.3 Å². The average Bonchev–Trinajstić information content (AvgIpc) is 2.33. The fourth-order valence-electron chi connectivity index (χ4n) is 0.968. The molecule has 2 heterocycles. The first-order chi connectivity index (χ1) is 4.86. The van der Waals surface area contributed by atoms with Gasteiger partial charge in [-0.2, -0.15) is 0 Å². The number of fused-ring (bicyclic) bond motifs is 1. The molecular weight excluding hydrogens is 144 g/mol. The van der Waals surface area contributed by atoms with E-state index in [0.717, 1.165) is 12.4 Å². The lowest BCUT2D eigenvalue weighted by Crippen LogP contribution is -2.22. The predicted molar refractivity (Wildman–Crippen MR) is 43.9 cm³/mol. The molecule has 0 unspecified atom stereocenters. The van der Waals surface area contributed by atoms with Gasteiger partial charge in [-0.15, -0.1) is 11.3 Å². The second kappa shape index (κ2) is 2.02. The second-order valence-corrected chi connectivity index (χ2v) is 3.15. The summed E-state index contributed by atoms with van der Waals surface area (Å²) in [4.78, 5) is 0. The number of anilines is 1. The van der Waals surface area contributed by atoms with Gasteiger partial charge < -0.3 is 10.6 Å². The molecule has 0 amide bonds. The third-order valence-electron chi connectivity index (χ3n) is 1.50. The molecule has 0 saturated heterocycles. The molecule has 0 spiro atoms. The Morgan fingerprint density at radius 1 is 1.60 bits per heavy atom. The highest BCUT2D eigenvalue weighted by molar-refractivity contribution is 7.14. The molecule has 1 aliphatic heterocycles. The van der Waals surface area contributed by atoms with Crippen LogP contribution in [0, 0.1) is 0 Å². The highest BCUT2D eigenvalue weighted by atomic mass is 32.1. The van der Waals surface area contributed by atoms with Gasteiger partial charge in [0.25, 0.3) is 0 Å². The monoisotopic (exact) mass is 152 g/mol. The summed E-state index contributed by atoms with van der Waals surface area (Å²) < 4.78 is 0. The molecule has 1 aromatic heterocycles. The lowest BCUT2D eigenvalue weighted by molar-refractivity contribution is 0.802. The summed E-state index contributed by atoms with van der Waals surface area (Å²) in [6.45, 7) is 4.68. The fraction of sp³-hybridized carbons (Fsp3) is 0.143. The number of nitrogens with one attached hydrogen (secondary N) is 2. The van der Waals surface area contributed by atoms with Crippen molar-refractivity contribution in [1.29, 1.82) is 0 Å². The Morgan fingerprint density at radius 3 is 3.40 bits per heavy atom. The van der Waals surface area contributed by atoms with E-state index < -0.39 is 0 Å². The molecule has 0 radical (unpaired) electrons. The minimum atomic E-state index is 0.898. The summed E-state index contributed by atoms with van der Waals surface area (Å²) in [5, 5.41) is 9.59. The summed E-state index contributed by atoms with van der Waals surface area (Å²) in [5.74, 6) is 0.898. The normalized spacial score (nSPS) is 15.4. The van der Waals surface area contributed by atoms with Crippen molar-refractivity contribution in [3.05, 3.63) is 29.4 Å². The molecule has 3 heteroatoms. The molecule has 0 bridgehead atoms. The first kappa shape index (κ1) is 5.80. The van der Waals surface area contributed by atoms with Crippen molar-refractivity contribution in [2.75, 3.05) is 5.32 Å². The lowest BCUT2D eigenvalue weighted by Gasteiger charge is -2.17. The SMILES string of the molecule is C=C1NCc2ccsc2N1. The Morgan fingerprint density at radius 2 is 2.50 bits per heavy atom. The maximum absolute atomic E-state index is 3.78. The highest BCUT2D eigenvalue weighted by Gasteiger charge is 2.09. The molecule has 0 fully saturated rings. The van der Waals surface area contributed by atoms with Gasteiger partial charge in [0, 0.05) is 12.1 Å². The number of thiophene rings is 1. The van der Waals surface area contributed by atoms with Crippen LogP contribution in [-0.2, 0) is 6.54 Å². The smallest absolute Gasteiger partial charge is 0.0988 e. The van der Waals surface area contributed by atoms with Gasteiger partial charge in [-0.1, -0.05) is 6.58 Å². The molecule has 0 aromatic carbocycles. The van der Waals surface area contributed by atoms with Crippen LogP contribution in [0.1, 0.15) is 5.56 Å². The van der Waals surface area contributed by atoms with Gasteiger partial charge in [0.15, 0.2) is 0 Å². The van der Waals surface area contributed by atoms with Crippen molar-refractivity contribution >= 4 is 16.3 Å². The predicted octanol–water partition coefficient (Wildman–Crippen LogP) is 1.73. The van der Waals surface area contributed by atoms with E-state index >= 15 is 0 Å². The molecule has 0 aliphatic carbocycles. The third-order valence-corrected chi connectivity index (χ3v) is 2.38. The van der Waals surface area contributed by atoms with Crippen molar-refractivity contribution in [2.24, 2.45) is 0 Å². The van der Waals surface area contributed by atoms with E-state index in [9.17, 15) is 0 Å². The van der Waals surface area contributed by atoms with Crippen LogP contribution in [0.15, 0.2) is 23.8 Å². The van der Waals surface area contributed by atoms with Gasteiger partial charge in [0.1, 0.15) is 0 Å². The van der Waals surface area contributed by atoms with Crippen molar-refractivity contribution in [3.8, 4) is 0 Å². The van der Waals surface area contributed by atoms with E-state index in [1.54, 1.807) is 11.3 Å². The topological polar surface area (TPSA) is 24.1 Å². The number of rotatable bonds is 0. The molecule has 52 valence electrons. The van der Waals surface area contributed by atoms with E-state index in [1.807, 2.05) is 0 Å². The number of hydrogen-bond acceptors (Lipinski definition) is 3. The minimum Gasteiger partial charge on any atom is -0.368 e. The van der Waals surface area contributed by atoms with Crippen LogP contribution in [-0.4, -0.2) is 0 Å². The third kappa shape index (κ3) is 0.789. The van der Waals surface area contributed by atoms with Crippen LogP contribution in [0.2, 0.25) is 0 Å². The summed E-state index contributed by atoms with van der Waals surface area (Å²) in [7, 11) is 0. The molecule has 0 atom stereocenters. The zero-order valence-corrected chi connectivity index (χ0v) is 6.29. The summed E-state index contributed by atoms with van der Waals surface area (Å²) >= 11 is 1.72. The van der Waals surface area contributed by atoms with Crippen molar-refractivity contribution in [2.45, 2.75) is 6.54 Å². The van der Waals surface area contributed by atoms with Crippen LogP contribution in [0.4, 0.5) is 5.00 Å². The summed E-state index contributed by atoms with van der Waals surface area (Å²) in [6, 6.07) is 2.12. The van der Waals surface area contributed by atoms with Crippen LogP contribution in [0.25, 0.3) is 0 Å². The second-order valence-electron chi connectivity index (χ2n) is 2.23. The van der Waals surface area contributed by atoms with Crippen molar-refractivity contribution in [3.63, 3.8) is 0 Å². The van der Waals surface area contributed by atoms with Crippen LogP contribution in [0.5, 0.6) is 0 Å². The zero-order valence-electron chi connectivity index (χ0n) is 5.48. The first-order valence-corrected chi connectivity index (χ1v) is 4.00. The Bertz CT molecular complexity index is 264. The van der Waals surface area contributed by atoms with Gasteiger partial charge in [0.05, 0.1) is 10.8 Å². The summed E-state index contributed by atoms with van der Waals surface area (Å²) in [6.07, 6.45) is 0. The molecule has 1 aromatic rings. The van der Waals surface area contributed by atoms with Crippen molar-refractivity contribution in [1.82, 2.24) is 5.32 Å². The van der Waals surface area contributed by atoms with Gasteiger partial charge in [0.2, 0.25) is 0 Å².